The lowest BCUT2D eigenvalue weighted by atomic mass is 10.5. The van der Waals surface area contributed by atoms with Crippen molar-refractivity contribution in [1.29, 1.82) is 0 Å². The molecule has 0 aliphatic rings. The minimum absolute atomic E-state index is 0.155. The standard InChI is InChI=1S/C7H11N3O3/c1-2-12-7(11)4-8-3-6-9-5-13-10-6/h5,8H,2-4H2,1H3. The summed E-state index contributed by atoms with van der Waals surface area (Å²) in [6.07, 6.45) is 1.24. The number of hydrogen-bond acceptors (Lipinski definition) is 6. The van der Waals surface area contributed by atoms with E-state index in [-0.39, 0.29) is 12.5 Å². The van der Waals surface area contributed by atoms with Gasteiger partial charge in [0.15, 0.2) is 5.82 Å². The molecule has 0 amide bonds. The van der Waals surface area contributed by atoms with Gasteiger partial charge in [-0.1, -0.05) is 5.16 Å². The molecule has 0 bridgehead atoms. The van der Waals surface area contributed by atoms with Crippen molar-refractivity contribution in [2.75, 3.05) is 13.2 Å². The van der Waals surface area contributed by atoms with Crippen molar-refractivity contribution < 1.29 is 14.1 Å². The molecule has 0 unspecified atom stereocenters. The van der Waals surface area contributed by atoms with Crippen LogP contribution < -0.4 is 5.32 Å². The molecule has 0 saturated carbocycles. The van der Waals surface area contributed by atoms with Crippen LogP contribution in [0.2, 0.25) is 0 Å². The second-order valence-corrected chi connectivity index (χ2v) is 2.26. The Morgan fingerprint density at radius 3 is 3.23 bits per heavy atom. The largest absolute Gasteiger partial charge is 0.465 e. The molecule has 72 valence electrons. The van der Waals surface area contributed by atoms with Gasteiger partial charge in [0.1, 0.15) is 0 Å². The Morgan fingerprint density at radius 1 is 1.77 bits per heavy atom. The summed E-state index contributed by atoms with van der Waals surface area (Å²) in [4.78, 5) is 14.6. The van der Waals surface area contributed by atoms with Crippen LogP contribution in [0.1, 0.15) is 12.7 Å². The lowest BCUT2D eigenvalue weighted by Gasteiger charge is -2.01. The molecule has 0 radical (unpaired) electrons. The van der Waals surface area contributed by atoms with Crippen molar-refractivity contribution in [3.8, 4) is 0 Å². The Kier molecular flexibility index (Phi) is 3.90. The van der Waals surface area contributed by atoms with Crippen molar-refractivity contribution in [3.63, 3.8) is 0 Å². The molecule has 6 heteroatoms. The van der Waals surface area contributed by atoms with E-state index in [1.807, 2.05) is 0 Å². The van der Waals surface area contributed by atoms with Crippen LogP contribution in [0, 0.1) is 0 Å². The van der Waals surface area contributed by atoms with Crippen LogP contribution >= 0.6 is 0 Å². The zero-order valence-electron chi connectivity index (χ0n) is 7.32. The summed E-state index contributed by atoms with van der Waals surface area (Å²) < 4.78 is 9.20. The fourth-order valence-corrected chi connectivity index (χ4v) is 0.759. The molecular weight excluding hydrogens is 174 g/mol. The Labute approximate surface area is 75.3 Å². The smallest absolute Gasteiger partial charge is 0.319 e. The van der Waals surface area contributed by atoms with E-state index in [2.05, 4.69) is 20.0 Å². The van der Waals surface area contributed by atoms with E-state index in [0.717, 1.165) is 0 Å². The monoisotopic (exact) mass is 185 g/mol. The molecule has 0 aliphatic carbocycles. The number of hydrogen-bond donors (Lipinski definition) is 1. The van der Waals surface area contributed by atoms with Gasteiger partial charge in [-0.15, -0.1) is 0 Å². The first-order valence-electron chi connectivity index (χ1n) is 3.94. The molecule has 0 fully saturated rings. The first-order chi connectivity index (χ1) is 6.33. The average molecular weight is 185 g/mol. The second-order valence-electron chi connectivity index (χ2n) is 2.26. The van der Waals surface area contributed by atoms with Crippen LogP contribution in [0.4, 0.5) is 0 Å². The first kappa shape index (κ1) is 9.66. The predicted molar refractivity (Wildman–Crippen MR) is 42.6 cm³/mol. The number of ether oxygens (including phenoxy) is 1. The molecule has 13 heavy (non-hydrogen) atoms. The zero-order valence-corrected chi connectivity index (χ0v) is 7.32. The molecule has 0 aliphatic heterocycles. The van der Waals surface area contributed by atoms with Crippen molar-refractivity contribution in [1.82, 2.24) is 15.5 Å². The van der Waals surface area contributed by atoms with Gasteiger partial charge in [0.05, 0.1) is 19.7 Å². The quantitative estimate of drug-likeness (QED) is 0.636. The molecule has 0 atom stereocenters. The number of carbonyl (C=O) groups excluding carboxylic acids is 1. The predicted octanol–water partition coefficient (Wildman–Crippen LogP) is -0.278. The summed E-state index contributed by atoms with van der Waals surface area (Å²) in [6.45, 7) is 2.71. The van der Waals surface area contributed by atoms with E-state index >= 15 is 0 Å². The van der Waals surface area contributed by atoms with Gasteiger partial charge in [0.2, 0.25) is 6.39 Å². The van der Waals surface area contributed by atoms with Gasteiger partial charge in [-0.3, -0.25) is 10.1 Å². The SMILES string of the molecule is CCOC(=O)CNCc1ncon1. The molecule has 6 nitrogen and oxygen atoms in total. The zero-order chi connectivity index (χ0) is 9.52. The van der Waals surface area contributed by atoms with E-state index in [0.29, 0.717) is 19.0 Å². The number of nitrogens with zero attached hydrogens (tertiary/aromatic N) is 2. The van der Waals surface area contributed by atoms with Gasteiger partial charge >= 0.3 is 5.97 Å². The minimum atomic E-state index is -0.286. The van der Waals surface area contributed by atoms with Crippen LogP contribution in [0.5, 0.6) is 0 Å². The molecular formula is C7H11N3O3. The lowest BCUT2D eigenvalue weighted by Crippen LogP contribution is -2.24. The Balaban J connectivity index is 2.11. The van der Waals surface area contributed by atoms with E-state index in [9.17, 15) is 4.79 Å². The Bertz CT molecular complexity index is 247. The molecule has 0 saturated heterocycles. The molecule has 1 heterocycles. The van der Waals surface area contributed by atoms with E-state index in [1.54, 1.807) is 6.92 Å². The Morgan fingerprint density at radius 2 is 2.62 bits per heavy atom. The summed E-state index contributed by atoms with van der Waals surface area (Å²) in [6, 6.07) is 0. The van der Waals surface area contributed by atoms with Crippen LogP contribution in [-0.4, -0.2) is 29.3 Å². The molecule has 1 rings (SSSR count). The van der Waals surface area contributed by atoms with Crippen LogP contribution in [0.25, 0.3) is 0 Å². The third-order valence-electron chi connectivity index (χ3n) is 1.26. The van der Waals surface area contributed by atoms with Gasteiger partial charge in [-0.25, -0.2) is 0 Å². The van der Waals surface area contributed by atoms with Crippen molar-refractivity contribution >= 4 is 5.97 Å². The highest BCUT2D eigenvalue weighted by Crippen LogP contribution is 1.86. The molecule has 0 spiro atoms. The minimum Gasteiger partial charge on any atom is -0.465 e. The molecule has 1 N–H and O–H groups in total. The van der Waals surface area contributed by atoms with Gasteiger partial charge in [0, 0.05) is 0 Å². The van der Waals surface area contributed by atoms with E-state index in [4.69, 9.17) is 4.74 Å². The number of aromatic nitrogens is 2. The van der Waals surface area contributed by atoms with Gasteiger partial charge in [-0.05, 0) is 6.92 Å². The van der Waals surface area contributed by atoms with Crippen LogP contribution in [0.15, 0.2) is 10.9 Å². The highest BCUT2D eigenvalue weighted by molar-refractivity contribution is 5.71. The first-order valence-corrected chi connectivity index (χ1v) is 3.94. The van der Waals surface area contributed by atoms with Crippen molar-refractivity contribution in [3.05, 3.63) is 12.2 Å². The number of carbonyl (C=O) groups is 1. The van der Waals surface area contributed by atoms with Crippen LogP contribution in [0.3, 0.4) is 0 Å². The van der Waals surface area contributed by atoms with E-state index < -0.39 is 0 Å². The summed E-state index contributed by atoms with van der Waals surface area (Å²) >= 11 is 0. The fraction of sp³-hybridized carbons (Fsp3) is 0.571. The third kappa shape index (κ3) is 3.66. The van der Waals surface area contributed by atoms with E-state index in [1.165, 1.54) is 6.39 Å². The van der Waals surface area contributed by atoms with Gasteiger partial charge in [0.25, 0.3) is 0 Å². The fourth-order valence-electron chi connectivity index (χ4n) is 0.759. The summed E-state index contributed by atoms with van der Waals surface area (Å²) in [5.41, 5.74) is 0. The molecule has 0 aromatic carbocycles. The van der Waals surface area contributed by atoms with Crippen molar-refractivity contribution in [2.45, 2.75) is 13.5 Å². The third-order valence-corrected chi connectivity index (χ3v) is 1.26. The van der Waals surface area contributed by atoms with Crippen molar-refractivity contribution in [2.24, 2.45) is 0 Å². The summed E-state index contributed by atoms with van der Waals surface area (Å²) in [5.74, 6) is 0.232. The number of nitrogens with one attached hydrogen (secondary N) is 1. The highest BCUT2D eigenvalue weighted by atomic mass is 16.5. The average Bonchev–Trinajstić information content (AvgIpc) is 2.57. The van der Waals surface area contributed by atoms with Gasteiger partial charge < -0.3 is 9.26 Å². The van der Waals surface area contributed by atoms with Gasteiger partial charge in [-0.2, -0.15) is 4.98 Å². The number of rotatable bonds is 5. The normalized spacial score (nSPS) is 9.92. The second kappa shape index (κ2) is 5.26. The van der Waals surface area contributed by atoms with Crippen LogP contribution in [-0.2, 0) is 16.1 Å². The maximum atomic E-state index is 10.8. The number of esters is 1. The summed E-state index contributed by atoms with van der Waals surface area (Å²) in [7, 11) is 0. The maximum absolute atomic E-state index is 10.8. The molecule has 1 aromatic heterocycles. The highest BCUT2D eigenvalue weighted by Gasteiger charge is 2.02. The topological polar surface area (TPSA) is 77.2 Å². The molecule has 1 aromatic rings. The summed E-state index contributed by atoms with van der Waals surface area (Å²) in [5, 5.41) is 6.37. The lowest BCUT2D eigenvalue weighted by molar-refractivity contribution is -0.142. The Hall–Kier alpha value is -1.43. The maximum Gasteiger partial charge on any atom is 0.319 e.